The first-order chi connectivity index (χ1) is 7.70. The maximum absolute atomic E-state index is 6.09. The first kappa shape index (κ1) is 11.0. The van der Waals surface area contributed by atoms with Crippen molar-refractivity contribution in [2.75, 3.05) is 7.11 Å². The van der Waals surface area contributed by atoms with Crippen molar-refractivity contribution in [3.05, 3.63) is 53.1 Å². The van der Waals surface area contributed by atoms with Gasteiger partial charge in [0.25, 0.3) is 0 Å². The van der Waals surface area contributed by atoms with Gasteiger partial charge in [-0.05, 0) is 30.2 Å². The van der Waals surface area contributed by atoms with Crippen molar-refractivity contribution in [3.8, 4) is 16.9 Å². The maximum Gasteiger partial charge on any atom is 0.137 e. The molecule has 0 aliphatic rings. The predicted octanol–water partition coefficient (Wildman–Crippen LogP) is 4.32. The van der Waals surface area contributed by atoms with Crippen LogP contribution in [-0.2, 0) is 0 Å². The molecule has 0 unspecified atom stereocenters. The third-order valence-electron chi connectivity index (χ3n) is 2.54. The highest BCUT2D eigenvalue weighted by Gasteiger charge is 2.03. The van der Waals surface area contributed by atoms with Crippen LogP contribution in [0.15, 0.2) is 42.5 Å². The maximum atomic E-state index is 6.09. The number of rotatable bonds is 2. The Balaban J connectivity index is 2.41. The molecule has 0 bridgehead atoms. The average molecular weight is 233 g/mol. The van der Waals surface area contributed by atoms with Crippen molar-refractivity contribution in [3.63, 3.8) is 0 Å². The van der Waals surface area contributed by atoms with Gasteiger partial charge in [-0.25, -0.2) is 0 Å². The number of halogens is 1. The lowest BCUT2D eigenvalue weighted by atomic mass is 10.0. The number of ether oxygens (including phenoxy) is 1. The Labute approximate surface area is 101 Å². The van der Waals surface area contributed by atoms with Gasteiger partial charge in [0.2, 0.25) is 0 Å². The molecule has 0 heterocycles. The molecule has 0 aliphatic heterocycles. The van der Waals surface area contributed by atoms with Crippen LogP contribution in [0.4, 0.5) is 0 Å². The molecule has 16 heavy (non-hydrogen) atoms. The summed E-state index contributed by atoms with van der Waals surface area (Å²) in [6.45, 7) is 2.07. The van der Waals surface area contributed by atoms with Gasteiger partial charge in [0, 0.05) is 0 Å². The molecule has 2 aromatic rings. The van der Waals surface area contributed by atoms with Gasteiger partial charge in [0.1, 0.15) is 5.75 Å². The van der Waals surface area contributed by atoms with Crippen LogP contribution in [0.3, 0.4) is 0 Å². The fraction of sp³-hybridized carbons (Fsp3) is 0.143. The summed E-state index contributed by atoms with van der Waals surface area (Å²) in [6.07, 6.45) is 0. The lowest BCUT2D eigenvalue weighted by Crippen LogP contribution is -1.85. The van der Waals surface area contributed by atoms with Crippen molar-refractivity contribution < 1.29 is 4.74 Å². The fourth-order valence-corrected chi connectivity index (χ4v) is 1.85. The molecule has 0 amide bonds. The summed E-state index contributed by atoms with van der Waals surface area (Å²) in [7, 11) is 1.62. The summed E-state index contributed by atoms with van der Waals surface area (Å²) in [5.41, 5.74) is 3.52. The molecule has 0 saturated heterocycles. The van der Waals surface area contributed by atoms with Gasteiger partial charge >= 0.3 is 0 Å². The summed E-state index contributed by atoms with van der Waals surface area (Å²) >= 11 is 6.09. The number of hydrogen-bond donors (Lipinski definition) is 0. The van der Waals surface area contributed by atoms with Gasteiger partial charge in [-0.1, -0.05) is 47.5 Å². The monoisotopic (exact) mass is 232 g/mol. The Morgan fingerprint density at radius 3 is 2.12 bits per heavy atom. The zero-order valence-electron chi connectivity index (χ0n) is 9.33. The summed E-state index contributed by atoms with van der Waals surface area (Å²) < 4.78 is 5.12. The van der Waals surface area contributed by atoms with E-state index < -0.39 is 0 Å². The summed E-state index contributed by atoms with van der Waals surface area (Å²) in [4.78, 5) is 0. The van der Waals surface area contributed by atoms with Crippen LogP contribution in [0.5, 0.6) is 5.75 Å². The molecule has 0 aromatic heterocycles. The number of aryl methyl sites for hydroxylation is 1. The van der Waals surface area contributed by atoms with E-state index in [1.165, 1.54) is 5.56 Å². The summed E-state index contributed by atoms with van der Waals surface area (Å²) in [5.74, 6) is 0.706. The highest BCUT2D eigenvalue weighted by molar-refractivity contribution is 6.32. The number of hydrogen-bond acceptors (Lipinski definition) is 1. The van der Waals surface area contributed by atoms with Gasteiger partial charge in [-0.3, -0.25) is 0 Å². The lowest BCUT2D eigenvalue weighted by molar-refractivity contribution is 0.415. The van der Waals surface area contributed by atoms with E-state index in [4.69, 9.17) is 16.3 Å². The van der Waals surface area contributed by atoms with Gasteiger partial charge in [0.15, 0.2) is 0 Å². The molecule has 2 heteroatoms. The van der Waals surface area contributed by atoms with Gasteiger partial charge < -0.3 is 4.74 Å². The first-order valence-corrected chi connectivity index (χ1v) is 5.49. The standard InChI is InChI=1S/C14H13ClO/c1-10-3-5-11(6-4-10)12-7-8-14(16-2)13(15)9-12/h3-9H,1-2H3. The SMILES string of the molecule is COc1ccc(-c2ccc(C)cc2)cc1Cl. The third kappa shape index (κ3) is 2.20. The molecule has 0 atom stereocenters. The van der Waals surface area contributed by atoms with Crippen molar-refractivity contribution in [1.29, 1.82) is 0 Å². The Morgan fingerprint density at radius 2 is 1.56 bits per heavy atom. The van der Waals surface area contributed by atoms with Crippen LogP contribution >= 0.6 is 11.6 Å². The van der Waals surface area contributed by atoms with Crippen LogP contribution < -0.4 is 4.74 Å². The lowest BCUT2D eigenvalue weighted by Gasteiger charge is -2.06. The molecule has 0 saturated carbocycles. The average Bonchev–Trinajstić information content (AvgIpc) is 2.30. The van der Waals surface area contributed by atoms with E-state index >= 15 is 0 Å². The molecule has 0 aliphatic carbocycles. The molecule has 0 fully saturated rings. The quantitative estimate of drug-likeness (QED) is 0.749. The van der Waals surface area contributed by atoms with Crippen molar-refractivity contribution in [2.45, 2.75) is 6.92 Å². The molecule has 0 N–H and O–H groups in total. The second kappa shape index (κ2) is 4.58. The third-order valence-corrected chi connectivity index (χ3v) is 2.83. The van der Waals surface area contributed by atoms with Crippen molar-refractivity contribution in [1.82, 2.24) is 0 Å². The molecule has 2 rings (SSSR count). The number of methoxy groups -OCH3 is 1. The highest BCUT2D eigenvalue weighted by Crippen LogP contribution is 2.30. The zero-order valence-corrected chi connectivity index (χ0v) is 10.1. The predicted molar refractivity (Wildman–Crippen MR) is 68.2 cm³/mol. The van der Waals surface area contributed by atoms with Crippen LogP contribution in [0.2, 0.25) is 5.02 Å². The smallest absolute Gasteiger partial charge is 0.137 e. The van der Waals surface area contributed by atoms with E-state index in [2.05, 4.69) is 31.2 Å². The molecular formula is C14H13ClO. The minimum absolute atomic E-state index is 0.639. The fourth-order valence-electron chi connectivity index (χ4n) is 1.59. The van der Waals surface area contributed by atoms with Gasteiger partial charge in [-0.2, -0.15) is 0 Å². The second-order valence-electron chi connectivity index (χ2n) is 3.72. The number of benzene rings is 2. The molecule has 2 aromatic carbocycles. The van der Waals surface area contributed by atoms with E-state index in [0.29, 0.717) is 10.8 Å². The minimum atomic E-state index is 0.639. The molecule has 0 radical (unpaired) electrons. The van der Waals surface area contributed by atoms with Crippen LogP contribution in [-0.4, -0.2) is 7.11 Å². The highest BCUT2D eigenvalue weighted by atomic mass is 35.5. The van der Waals surface area contributed by atoms with Gasteiger partial charge in [0.05, 0.1) is 12.1 Å². The molecule has 1 nitrogen and oxygen atoms in total. The first-order valence-electron chi connectivity index (χ1n) is 5.11. The Morgan fingerprint density at radius 1 is 0.938 bits per heavy atom. The minimum Gasteiger partial charge on any atom is -0.495 e. The zero-order chi connectivity index (χ0) is 11.5. The second-order valence-corrected chi connectivity index (χ2v) is 4.12. The van der Waals surface area contributed by atoms with E-state index in [0.717, 1.165) is 11.1 Å². The Bertz CT molecular complexity index is 489. The van der Waals surface area contributed by atoms with Crippen molar-refractivity contribution in [2.24, 2.45) is 0 Å². The van der Waals surface area contributed by atoms with E-state index in [9.17, 15) is 0 Å². The van der Waals surface area contributed by atoms with Crippen molar-refractivity contribution >= 4 is 11.6 Å². The van der Waals surface area contributed by atoms with Crippen LogP contribution in [0.1, 0.15) is 5.56 Å². The topological polar surface area (TPSA) is 9.23 Å². The Kier molecular flexibility index (Phi) is 3.16. The van der Waals surface area contributed by atoms with Crippen LogP contribution in [0, 0.1) is 6.92 Å². The van der Waals surface area contributed by atoms with E-state index in [1.807, 2.05) is 18.2 Å². The van der Waals surface area contributed by atoms with Crippen LogP contribution in [0.25, 0.3) is 11.1 Å². The Hall–Kier alpha value is -1.47. The largest absolute Gasteiger partial charge is 0.495 e. The molecule has 0 spiro atoms. The van der Waals surface area contributed by atoms with E-state index in [-0.39, 0.29) is 0 Å². The molecule has 82 valence electrons. The summed E-state index contributed by atoms with van der Waals surface area (Å²) in [5, 5.41) is 0.639. The molecular weight excluding hydrogens is 220 g/mol. The normalized spacial score (nSPS) is 10.2. The summed E-state index contributed by atoms with van der Waals surface area (Å²) in [6, 6.07) is 14.2. The van der Waals surface area contributed by atoms with E-state index in [1.54, 1.807) is 7.11 Å². The van der Waals surface area contributed by atoms with Gasteiger partial charge in [-0.15, -0.1) is 0 Å².